The van der Waals surface area contributed by atoms with Crippen LogP contribution in [0.15, 0.2) is 71.8 Å². The predicted octanol–water partition coefficient (Wildman–Crippen LogP) is 4.52. The van der Waals surface area contributed by atoms with Gasteiger partial charge in [-0.25, -0.2) is 0 Å². The first-order valence-electron chi connectivity index (χ1n) is 6.81. The highest BCUT2D eigenvalue weighted by Gasteiger charge is 2.25. The molecule has 0 N–H and O–H groups in total. The summed E-state index contributed by atoms with van der Waals surface area (Å²) in [6, 6.07) is 20.1. The molecular weight excluding hydrogens is 244 g/mol. The number of carbonyl (C=O) groups is 1. The summed E-state index contributed by atoms with van der Waals surface area (Å²) in [6.07, 6.45) is 2.62. The smallest absolute Gasteiger partial charge is 0.168 e. The number of hydrogen-bond acceptors (Lipinski definition) is 1. The first kappa shape index (κ1) is 12.6. The second kappa shape index (κ2) is 5.30. The van der Waals surface area contributed by atoms with Crippen LogP contribution in [0.1, 0.15) is 24.5 Å². The topological polar surface area (TPSA) is 17.1 Å². The summed E-state index contributed by atoms with van der Waals surface area (Å²) in [4.78, 5) is 12.3. The molecule has 2 aromatic carbocycles. The molecule has 3 rings (SSSR count). The van der Waals surface area contributed by atoms with Crippen molar-refractivity contribution in [3.63, 3.8) is 0 Å². The Kier molecular flexibility index (Phi) is 3.34. The zero-order chi connectivity index (χ0) is 13.9. The third kappa shape index (κ3) is 2.35. The largest absolute Gasteiger partial charge is 0.294 e. The molecule has 0 heterocycles. The number of ketones is 1. The molecule has 0 saturated carbocycles. The van der Waals surface area contributed by atoms with Crippen LogP contribution in [0.2, 0.25) is 0 Å². The van der Waals surface area contributed by atoms with Crippen molar-refractivity contribution >= 4 is 17.4 Å². The van der Waals surface area contributed by atoms with Crippen molar-refractivity contribution in [2.24, 2.45) is 0 Å². The summed E-state index contributed by atoms with van der Waals surface area (Å²) in [5.74, 6) is 0.218. The van der Waals surface area contributed by atoms with E-state index in [0.29, 0.717) is 6.42 Å². The maximum Gasteiger partial charge on any atom is 0.168 e. The lowest BCUT2D eigenvalue weighted by molar-refractivity contribution is -0.112. The maximum absolute atomic E-state index is 12.3. The van der Waals surface area contributed by atoms with E-state index in [0.717, 1.165) is 27.8 Å². The summed E-state index contributed by atoms with van der Waals surface area (Å²) in [6.45, 7) is 2.04. The van der Waals surface area contributed by atoms with Gasteiger partial charge in [0.15, 0.2) is 5.78 Å². The quantitative estimate of drug-likeness (QED) is 0.776. The molecule has 1 aliphatic rings. The predicted molar refractivity (Wildman–Crippen MR) is 83.1 cm³/mol. The van der Waals surface area contributed by atoms with Gasteiger partial charge in [-0.05, 0) is 29.2 Å². The van der Waals surface area contributed by atoms with E-state index in [2.05, 4.69) is 18.2 Å². The highest BCUT2D eigenvalue weighted by atomic mass is 16.1. The summed E-state index contributed by atoms with van der Waals surface area (Å²) in [5, 5.41) is 0. The van der Waals surface area contributed by atoms with Crippen LogP contribution in [0.5, 0.6) is 0 Å². The van der Waals surface area contributed by atoms with Crippen molar-refractivity contribution < 1.29 is 4.79 Å². The fraction of sp³-hybridized carbons (Fsp3) is 0.105. The van der Waals surface area contributed by atoms with E-state index in [4.69, 9.17) is 0 Å². The third-order valence-corrected chi connectivity index (χ3v) is 3.69. The Morgan fingerprint density at radius 3 is 2.15 bits per heavy atom. The van der Waals surface area contributed by atoms with E-state index in [1.807, 2.05) is 55.5 Å². The monoisotopic (exact) mass is 260 g/mol. The van der Waals surface area contributed by atoms with Gasteiger partial charge in [-0.15, -0.1) is 0 Å². The highest BCUT2D eigenvalue weighted by Crippen LogP contribution is 2.35. The van der Waals surface area contributed by atoms with Gasteiger partial charge in [0.25, 0.3) is 0 Å². The second-order valence-electron chi connectivity index (χ2n) is 5.05. The van der Waals surface area contributed by atoms with Gasteiger partial charge in [0.05, 0.1) is 0 Å². The summed E-state index contributed by atoms with van der Waals surface area (Å²) in [7, 11) is 0. The van der Waals surface area contributed by atoms with E-state index >= 15 is 0 Å². The van der Waals surface area contributed by atoms with Gasteiger partial charge in [-0.1, -0.05) is 66.7 Å². The zero-order valence-electron chi connectivity index (χ0n) is 11.5. The lowest BCUT2D eigenvalue weighted by atomic mass is 10.0. The fourth-order valence-corrected chi connectivity index (χ4v) is 2.66. The normalized spacial score (nSPS) is 17.1. The van der Waals surface area contributed by atoms with Crippen LogP contribution >= 0.6 is 0 Å². The average molecular weight is 260 g/mol. The molecular formula is C19H16O. The van der Waals surface area contributed by atoms with Gasteiger partial charge >= 0.3 is 0 Å². The van der Waals surface area contributed by atoms with Crippen molar-refractivity contribution in [1.29, 1.82) is 0 Å². The summed E-state index contributed by atoms with van der Waals surface area (Å²) >= 11 is 0. The Bertz CT molecular complexity index is 691. The van der Waals surface area contributed by atoms with Gasteiger partial charge < -0.3 is 0 Å². The van der Waals surface area contributed by atoms with Gasteiger partial charge in [0, 0.05) is 12.0 Å². The lowest BCUT2D eigenvalue weighted by Gasteiger charge is -2.02. The van der Waals surface area contributed by atoms with Crippen LogP contribution in [0, 0.1) is 0 Å². The molecule has 0 fully saturated rings. The molecule has 98 valence electrons. The van der Waals surface area contributed by atoms with E-state index < -0.39 is 0 Å². The molecule has 0 atom stereocenters. The number of hydrogen-bond donors (Lipinski definition) is 0. The van der Waals surface area contributed by atoms with Crippen LogP contribution in [-0.4, -0.2) is 5.78 Å². The van der Waals surface area contributed by atoms with E-state index in [-0.39, 0.29) is 5.78 Å². The van der Waals surface area contributed by atoms with E-state index in [9.17, 15) is 4.79 Å². The molecule has 0 unspecified atom stereocenters. The number of benzene rings is 2. The Balaban J connectivity index is 2.03. The second-order valence-corrected chi connectivity index (χ2v) is 5.05. The first-order valence-corrected chi connectivity index (χ1v) is 6.81. The zero-order valence-corrected chi connectivity index (χ0v) is 11.5. The van der Waals surface area contributed by atoms with E-state index in [1.165, 1.54) is 0 Å². The Morgan fingerprint density at radius 2 is 1.50 bits per heavy atom. The Hall–Kier alpha value is -2.41. The minimum atomic E-state index is 0.218. The molecule has 1 nitrogen and oxygen atoms in total. The minimum absolute atomic E-state index is 0.218. The van der Waals surface area contributed by atoms with Crippen LogP contribution in [-0.2, 0) is 4.79 Å². The van der Waals surface area contributed by atoms with Crippen molar-refractivity contribution in [2.45, 2.75) is 13.3 Å². The van der Waals surface area contributed by atoms with Gasteiger partial charge in [-0.3, -0.25) is 4.79 Å². The van der Waals surface area contributed by atoms with E-state index in [1.54, 1.807) is 0 Å². The van der Waals surface area contributed by atoms with Crippen molar-refractivity contribution in [2.75, 3.05) is 0 Å². The van der Waals surface area contributed by atoms with Crippen LogP contribution in [0.4, 0.5) is 0 Å². The fourth-order valence-electron chi connectivity index (χ4n) is 2.66. The molecule has 1 aliphatic carbocycles. The molecule has 0 saturated heterocycles. The number of carbonyl (C=O) groups excluding carboxylic acids is 1. The molecule has 0 bridgehead atoms. The molecule has 1 heteroatoms. The molecule has 2 aromatic rings. The number of allylic oxidation sites excluding steroid dienone is 3. The summed E-state index contributed by atoms with van der Waals surface area (Å²) < 4.78 is 0. The Labute approximate surface area is 119 Å². The molecule has 20 heavy (non-hydrogen) atoms. The first-order chi connectivity index (χ1) is 9.75. The molecule has 0 aromatic heterocycles. The van der Waals surface area contributed by atoms with Gasteiger partial charge in [0.1, 0.15) is 0 Å². The SMILES string of the molecule is CC1=C(c2ccccc2)C(=O)C/C1=C\c1ccccc1. The Morgan fingerprint density at radius 1 is 0.900 bits per heavy atom. The average Bonchev–Trinajstić information content (AvgIpc) is 2.75. The minimum Gasteiger partial charge on any atom is -0.294 e. The molecule has 0 radical (unpaired) electrons. The van der Waals surface area contributed by atoms with Gasteiger partial charge in [-0.2, -0.15) is 0 Å². The standard InChI is InChI=1S/C19H16O/c1-14-17(12-15-8-4-2-5-9-15)13-18(20)19(14)16-10-6-3-7-11-16/h2-12H,13H2,1H3/b17-12+. The molecule has 0 spiro atoms. The molecule has 0 aliphatic heterocycles. The summed E-state index contributed by atoms with van der Waals surface area (Å²) in [5.41, 5.74) is 5.26. The number of rotatable bonds is 2. The maximum atomic E-state index is 12.3. The third-order valence-electron chi connectivity index (χ3n) is 3.69. The van der Waals surface area contributed by atoms with Gasteiger partial charge in [0.2, 0.25) is 0 Å². The lowest BCUT2D eigenvalue weighted by Crippen LogP contribution is -1.95. The van der Waals surface area contributed by atoms with Crippen LogP contribution in [0.3, 0.4) is 0 Å². The van der Waals surface area contributed by atoms with Crippen molar-refractivity contribution in [3.05, 3.63) is 82.9 Å². The number of Topliss-reactive ketones (excluding diaryl/α,β-unsaturated/α-hetero) is 1. The van der Waals surface area contributed by atoms with Crippen molar-refractivity contribution in [3.8, 4) is 0 Å². The highest BCUT2D eigenvalue weighted by molar-refractivity contribution is 6.26. The molecule has 0 amide bonds. The van der Waals surface area contributed by atoms with Crippen LogP contribution in [0.25, 0.3) is 11.6 Å². The van der Waals surface area contributed by atoms with Crippen LogP contribution < -0.4 is 0 Å². The van der Waals surface area contributed by atoms with Crippen molar-refractivity contribution in [1.82, 2.24) is 0 Å².